The SMILES string of the molecule is O=C(NCCN1CCN(c2cccc(Cl)c2)CC1)c1cc(Sc2cccc(Cl)c2)nc2ccccc12. The van der Waals surface area contributed by atoms with Gasteiger partial charge in [-0.1, -0.05) is 65.3 Å². The Morgan fingerprint density at radius 2 is 1.64 bits per heavy atom. The number of hydrogen-bond donors (Lipinski definition) is 1. The summed E-state index contributed by atoms with van der Waals surface area (Å²) in [7, 11) is 0. The Bertz CT molecular complexity index is 1370. The molecule has 0 unspecified atom stereocenters. The van der Waals surface area contributed by atoms with E-state index in [0.29, 0.717) is 17.1 Å². The van der Waals surface area contributed by atoms with Crippen molar-refractivity contribution in [2.24, 2.45) is 0 Å². The summed E-state index contributed by atoms with van der Waals surface area (Å²) in [6.07, 6.45) is 0. The molecule has 0 aliphatic carbocycles. The molecule has 1 fully saturated rings. The number of carbonyl (C=O) groups is 1. The second kappa shape index (κ2) is 11.5. The van der Waals surface area contributed by atoms with Gasteiger partial charge < -0.3 is 10.2 Å². The maximum absolute atomic E-state index is 13.2. The summed E-state index contributed by atoms with van der Waals surface area (Å²) in [5, 5.41) is 6.16. The van der Waals surface area contributed by atoms with Gasteiger partial charge in [0.25, 0.3) is 5.91 Å². The van der Waals surface area contributed by atoms with Gasteiger partial charge in [0, 0.05) is 65.3 Å². The average Bonchev–Trinajstić information content (AvgIpc) is 2.88. The monoisotopic (exact) mass is 536 g/mol. The van der Waals surface area contributed by atoms with Crippen LogP contribution >= 0.6 is 35.0 Å². The van der Waals surface area contributed by atoms with Gasteiger partial charge in [-0.2, -0.15) is 0 Å². The quantitative estimate of drug-likeness (QED) is 0.302. The molecule has 4 aromatic rings. The number of anilines is 1. The van der Waals surface area contributed by atoms with E-state index in [1.165, 1.54) is 11.8 Å². The largest absolute Gasteiger partial charge is 0.369 e. The number of amides is 1. The zero-order valence-corrected chi connectivity index (χ0v) is 22.0. The van der Waals surface area contributed by atoms with Crippen molar-refractivity contribution < 1.29 is 4.79 Å². The van der Waals surface area contributed by atoms with Crippen molar-refractivity contribution in [3.63, 3.8) is 0 Å². The number of benzene rings is 3. The second-order valence-corrected chi connectivity index (χ2v) is 10.6. The van der Waals surface area contributed by atoms with E-state index < -0.39 is 0 Å². The molecule has 5 nitrogen and oxygen atoms in total. The van der Waals surface area contributed by atoms with Gasteiger partial charge in [-0.3, -0.25) is 9.69 Å². The standard InChI is InChI=1S/C28H26Cl2N4OS/c29-20-5-3-7-22(17-20)34-15-13-33(14-16-34)12-11-31-28(35)25-19-27(32-26-10-2-1-9-24(25)26)36-23-8-4-6-21(30)18-23/h1-10,17-19H,11-16H2,(H,31,35). The molecule has 8 heteroatoms. The third-order valence-corrected chi connectivity index (χ3v) is 7.59. The number of carbonyl (C=O) groups excluding carboxylic acids is 1. The van der Waals surface area contributed by atoms with Crippen molar-refractivity contribution in [3.8, 4) is 0 Å². The smallest absolute Gasteiger partial charge is 0.252 e. The molecule has 1 aliphatic rings. The van der Waals surface area contributed by atoms with Gasteiger partial charge in [0.1, 0.15) is 5.03 Å². The van der Waals surface area contributed by atoms with E-state index in [4.69, 9.17) is 28.2 Å². The normalized spacial score (nSPS) is 14.2. The van der Waals surface area contributed by atoms with Crippen LogP contribution in [0.1, 0.15) is 10.4 Å². The van der Waals surface area contributed by atoms with Gasteiger partial charge in [0.05, 0.1) is 11.1 Å². The first-order valence-electron chi connectivity index (χ1n) is 11.9. The number of para-hydroxylation sites is 1. The minimum Gasteiger partial charge on any atom is -0.369 e. The third kappa shape index (κ3) is 6.13. The van der Waals surface area contributed by atoms with Crippen molar-refractivity contribution in [1.29, 1.82) is 0 Å². The number of fused-ring (bicyclic) bond motifs is 1. The molecule has 184 valence electrons. The summed E-state index contributed by atoms with van der Waals surface area (Å²) < 4.78 is 0. The van der Waals surface area contributed by atoms with E-state index >= 15 is 0 Å². The van der Waals surface area contributed by atoms with Crippen molar-refractivity contribution in [2.75, 3.05) is 44.2 Å². The number of halogens is 2. The maximum Gasteiger partial charge on any atom is 0.252 e. The second-order valence-electron chi connectivity index (χ2n) is 8.65. The predicted molar refractivity (Wildman–Crippen MR) is 150 cm³/mol. The lowest BCUT2D eigenvalue weighted by molar-refractivity contribution is 0.0949. The zero-order valence-electron chi connectivity index (χ0n) is 19.7. The van der Waals surface area contributed by atoms with E-state index in [9.17, 15) is 4.79 Å². The van der Waals surface area contributed by atoms with Crippen molar-refractivity contribution in [1.82, 2.24) is 15.2 Å². The molecule has 2 heterocycles. The molecule has 1 amide bonds. The van der Waals surface area contributed by atoms with Crippen molar-refractivity contribution in [3.05, 3.63) is 94.5 Å². The molecule has 0 radical (unpaired) electrons. The van der Waals surface area contributed by atoms with Gasteiger partial charge in [-0.25, -0.2) is 4.98 Å². The topological polar surface area (TPSA) is 48.5 Å². The molecule has 1 aromatic heterocycles. The molecule has 0 atom stereocenters. The Balaban J connectivity index is 1.21. The number of rotatable bonds is 7. The minimum atomic E-state index is -0.0842. The molecule has 1 N–H and O–H groups in total. The van der Waals surface area contributed by atoms with Crippen LogP contribution in [-0.2, 0) is 0 Å². The van der Waals surface area contributed by atoms with Crippen molar-refractivity contribution >= 4 is 57.5 Å². The Morgan fingerprint density at radius 3 is 2.42 bits per heavy atom. The average molecular weight is 538 g/mol. The van der Waals surface area contributed by atoms with E-state index in [2.05, 4.69) is 21.2 Å². The summed E-state index contributed by atoms with van der Waals surface area (Å²) in [5.74, 6) is -0.0842. The fourth-order valence-electron chi connectivity index (χ4n) is 4.37. The summed E-state index contributed by atoms with van der Waals surface area (Å²) in [5.41, 5.74) is 2.59. The third-order valence-electron chi connectivity index (χ3n) is 6.22. The van der Waals surface area contributed by atoms with Gasteiger partial charge in [-0.15, -0.1) is 0 Å². The van der Waals surface area contributed by atoms with Crippen LogP contribution in [0.5, 0.6) is 0 Å². The van der Waals surface area contributed by atoms with Gasteiger partial charge >= 0.3 is 0 Å². The number of pyridine rings is 1. The first kappa shape index (κ1) is 24.9. The van der Waals surface area contributed by atoms with E-state index in [0.717, 1.165) is 64.3 Å². The number of aromatic nitrogens is 1. The molecule has 0 spiro atoms. The van der Waals surface area contributed by atoms with E-state index in [-0.39, 0.29) is 5.91 Å². The van der Waals surface area contributed by atoms with Crippen LogP contribution in [0.2, 0.25) is 10.0 Å². The fraction of sp³-hybridized carbons (Fsp3) is 0.214. The van der Waals surface area contributed by atoms with E-state index in [1.54, 1.807) is 0 Å². The Morgan fingerprint density at radius 1 is 0.889 bits per heavy atom. The Kier molecular flexibility index (Phi) is 7.97. The first-order valence-corrected chi connectivity index (χ1v) is 13.5. The molecular weight excluding hydrogens is 511 g/mol. The van der Waals surface area contributed by atoms with Crippen LogP contribution in [0.4, 0.5) is 5.69 Å². The lowest BCUT2D eigenvalue weighted by atomic mass is 10.1. The molecular formula is C28H26Cl2N4OS. The number of hydrogen-bond acceptors (Lipinski definition) is 5. The van der Waals surface area contributed by atoms with Gasteiger partial charge in [0.2, 0.25) is 0 Å². The molecule has 5 rings (SSSR count). The zero-order chi connectivity index (χ0) is 24.9. The Labute approximate surface area is 225 Å². The number of nitrogens with zero attached hydrogens (tertiary/aromatic N) is 3. The van der Waals surface area contributed by atoms with Crippen LogP contribution in [0.3, 0.4) is 0 Å². The minimum absolute atomic E-state index is 0.0842. The highest BCUT2D eigenvalue weighted by Gasteiger charge is 2.18. The predicted octanol–water partition coefficient (Wildman–Crippen LogP) is 6.24. The highest BCUT2D eigenvalue weighted by Crippen LogP contribution is 2.31. The van der Waals surface area contributed by atoms with Crippen LogP contribution in [0, 0.1) is 0 Å². The number of piperazine rings is 1. The molecule has 1 aliphatic heterocycles. The van der Waals surface area contributed by atoms with Gasteiger partial charge in [0.15, 0.2) is 0 Å². The van der Waals surface area contributed by atoms with Crippen molar-refractivity contribution in [2.45, 2.75) is 9.92 Å². The van der Waals surface area contributed by atoms with Crippen LogP contribution < -0.4 is 10.2 Å². The first-order chi connectivity index (χ1) is 17.5. The Hall–Kier alpha value is -2.77. The molecule has 3 aromatic carbocycles. The molecule has 36 heavy (non-hydrogen) atoms. The molecule has 1 saturated heterocycles. The summed E-state index contributed by atoms with van der Waals surface area (Å²) in [6.45, 7) is 5.16. The summed E-state index contributed by atoms with van der Waals surface area (Å²) >= 11 is 13.8. The highest BCUT2D eigenvalue weighted by molar-refractivity contribution is 7.99. The summed E-state index contributed by atoms with van der Waals surface area (Å²) in [4.78, 5) is 23.7. The molecule has 0 bridgehead atoms. The maximum atomic E-state index is 13.2. The molecule has 0 saturated carbocycles. The lowest BCUT2D eigenvalue weighted by Crippen LogP contribution is -2.48. The van der Waals surface area contributed by atoms with Gasteiger partial charge in [-0.05, 0) is 48.5 Å². The van der Waals surface area contributed by atoms with Crippen LogP contribution in [0.25, 0.3) is 10.9 Å². The van der Waals surface area contributed by atoms with E-state index in [1.807, 2.05) is 72.8 Å². The van der Waals surface area contributed by atoms with Crippen LogP contribution in [0.15, 0.2) is 88.8 Å². The lowest BCUT2D eigenvalue weighted by Gasteiger charge is -2.36. The summed E-state index contributed by atoms with van der Waals surface area (Å²) in [6, 6.07) is 25.3. The fourth-order valence-corrected chi connectivity index (χ4v) is 5.70. The number of nitrogens with one attached hydrogen (secondary N) is 1. The highest BCUT2D eigenvalue weighted by atomic mass is 35.5. The van der Waals surface area contributed by atoms with Crippen LogP contribution in [-0.4, -0.2) is 55.1 Å².